The van der Waals surface area contributed by atoms with Gasteiger partial charge in [0.15, 0.2) is 5.82 Å². The Bertz CT molecular complexity index is 928. The van der Waals surface area contributed by atoms with Crippen LogP contribution in [0.2, 0.25) is 0 Å². The number of hydrogen-bond donors (Lipinski definition) is 1. The molecule has 5 nitrogen and oxygen atoms in total. The molecule has 4 aromatic rings. The number of aromatic amines is 1. The minimum absolute atomic E-state index is 0.586. The lowest BCUT2D eigenvalue weighted by atomic mass is 10.3. The third-order valence-corrected chi connectivity index (χ3v) is 3.50. The van der Waals surface area contributed by atoms with E-state index in [0.717, 1.165) is 27.9 Å². The summed E-state index contributed by atoms with van der Waals surface area (Å²) in [5.41, 5.74) is 3.94. The topological polar surface area (TPSA) is 58.9 Å². The Morgan fingerprint density at radius 3 is 2.57 bits per heavy atom. The largest absolute Gasteiger partial charge is 0.326 e. The maximum absolute atomic E-state index is 4.55. The molecular weight excluding hydrogens is 262 g/mol. The molecule has 2 aromatic carbocycles. The van der Waals surface area contributed by atoms with Crippen molar-refractivity contribution in [2.75, 3.05) is 0 Å². The summed E-state index contributed by atoms with van der Waals surface area (Å²) in [6.45, 7) is 0. The molecule has 0 radical (unpaired) electrons. The number of aryl methyl sites for hydroxylation is 1. The number of rotatable bonds is 2. The lowest BCUT2D eigenvalue weighted by Crippen LogP contribution is -1.95. The van der Waals surface area contributed by atoms with Crippen LogP contribution in [0.15, 0.2) is 53.5 Å². The molecule has 102 valence electrons. The Labute approximate surface area is 121 Å². The first-order valence-corrected chi connectivity index (χ1v) is 6.71. The quantitative estimate of drug-likeness (QED) is 0.571. The summed E-state index contributed by atoms with van der Waals surface area (Å²) in [6.07, 6.45) is 1.73. The van der Waals surface area contributed by atoms with E-state index in [1.54, 1.807) is 6.21 Å². The van der Waals surface area contributed by atoms with E-state index >= 15 is 0 Å². The smallest absolute Gasteiger partial charge is 0.227 e. The molecule has 0 atom stereocenters. The van der Waals surface area contributed by atoms with Gasteiger partial charge < -0.3 is 9.55 Å². The zero-order valence-corrected chi connectivity index (χ0v) is 11.5. The number of nitrogens with one attached hydrogen (secondary N) is 1. The molecule has 2 aromatic heterocycles. The van der Waals surface area contributed by atoms with Crippen LogP contribution in [0, 0.1) is 0 Å². The lowest BCUT2D eigenvalue weighted by Gasteiger charge is -1.95. The van der Waals surface area contributed by atoms with E-state index in [0.29, 0.717) is 5.95 Å². The third kappa shape index (κ3) is 1.99. The maximum atomic E-state index is 4.55. The highest BCUT2D eigenvalue weighted by molar-refractivity contribution is 5.86. The average Bonchev–Trinajstić information content (AvgIpc) is 3.07. The molecule has 0 fully saturated rings. The maximum Gasteiger partial charge on any atom is 0.227 e. The van der Waals surface area contributed by atoms with Crippen molar-refractivity contribution in [1.82, 2.24) is 19.5 Å². The van der Waals surface area contributed by atoms with Gasteiger partial charge in [0.25, 0.3) is 0 Å². The van der Waals surface area contributed by atoms with E-state index in [2.05, 4.69) is 19.9 Å². The first-order valence-electron chi connectivity index (χ1n) is 6.71. The monoisotopic (exact) mass is 275 g/mol. The van der Waals surface area contributed by atoms with Gasteiger partial charge in [-0.1, -0.05) is 24.3 Å². The molecule has 0 amide bonds. The van der Waals surface area contributed by atoms with Gasteiger partial charge in [0, 0.05) is 7.05 Å². The molecule has 0 saturated carbocycles. The van der Waals surface area contributed by atoms with Crippen molar-refractivity contribution in [2.45, 2.75) is 0 Å². The summed E-state index contributed by atoms with van der Waals surface area (Å²) in [5.74, 6) is 1.39. The van der Waals surface area contributed by atoms with Crippen LogP contribution in [0.3, 0.4) is 0 Å². The number of benzene rings is 2. The molecule has 0 aliphatic heterocycles. The minimum Gasteiger partial charge on any atom is -0.326 e. The molecule has 0 spiro atoms. The number of fused-ring (bicyclic) bond motifs is 2. The Morgan fingerprint density at radius 2 is 1.76 bits per heavy atom. The van der Waals surface area contributed by atoms with E-state index in [1.165, 1.54) is 0 Å². The molecule has 0 saturated heterocycles. The fourth-order valence-electron chi connectivity index (χ4n) is 2.40. The van der Waals surface area contributed by atoms with Crippen molar-refractivity contribution in [2.24, 2.45) is 12.0 Å². The van der Waals surface area contributed by atoms with Gasteiger partial charge in [0.1, 0.15) is 0 Å². The molecule has 1 N–H and O–H groups in total. The summed E-state index contributed by atoms with van der Waals surface area (Å²) in [5, 5.41) is 0. The highest BCUT2D eigenvalue weighted by atomic mass is 15.1. The first-order chi connectivity index (χ1) is 10.3. The lowest BCUT2D eigenvalue weighted by molar-refractivity contribution is 0.934. The van der Waals surface area contributed by atoms with E-state index in [1.807, 2.05) is 60.1 Å². The molecule has 0 aliphatic carbocycles. The number of aliphatic imine (C=N–C) groups is 1. The SMILES string of the molecule is Cn1c(C=Nc2nc3ccccc3[nH]2)nc2ccccc21. The second kappa shape index (κ2) is 4.56. The molecule has 21 heavy (non-hydrogen) atoms. The number of nitrogens with zero attached hydrogens (tertiary/aromatic N) is 4. The molecule has 0 aliphatic rings. The molecular formula is C16H13N5. The zero-order chi connectivity index (χ0) is 14.2. The fraction of sp³-hybridized carbons (Fsp3) is 0.0625. The van der Waals surface area contributed by atoms with Gasteiger partial charge in [-0.05, 0) is 24.3 Å². The van der Waals surface area contributed by atoms with Gasteiger partial charge in [-0.3, -0.25) is 0 Å². The van der Waals surface area contributed by atoms with Crippen molar-refractivity contribution in [3.05, 3.63) is 54.4 Å². The summed E-state index contributed by atoms with van der Waals surface area (Å²) < 4.78 is 2.02. The predicted octanol–water partition coefficient (Wildman–Crippen LogP) is 3.20. The van der Waals surface area contributed by atoms with Crippen LogP contribution >= 0.6 is 0 Å². The second-order valence-electron chi connectivity index (χ2n) is 4.85. The Hall–Kier alpha value is -2.95. The van der Waals surface area contributed by atoms with Crippen LogP contribution in [0.1, 0.15) is 5.82 Å². The molecule has 4 rings (SSSR count). The van der Waals surface area contributed by atoms with Crippen LogP contribution in [-0.2, 0) is 7.05 Å². The third-order valence-electron chi connectivity index (χ3n) is 3.50. The zero-order valence-electron chi connectivity index (χ0n) is 11.5. The number of aromatic nitrogens is 4. The van der Waals surface area contributed by atoms with Gasteiger partial charge in [0.2, 0.25) is 5.95 Å². The van der Waals surface area contributed by atoms with E-state index < -0.39 is 0 Å². The van der Waals surface area contributed by atoms with Crippen LogP contribution in [0.25, 0.3) is 22.1 Å². The normalized spacial score (nSPS) is 11.9. The summed E-state index contributed by atoms with van der Waals surface area (Å²) in [4.78, 5) is 16.5. The minimum atomic E-state index is 0.586. The molecule has 2 heterocycles. The number of H-pyrrole nitrogens is 1. The van der Waals surface area contributed by atoms with E-state index in [4.69, 9.17) is 0 Å². The van der Waals surface area contributed by atoms with Crippen LogP contribution in [0.4, 0.5) is 5.95 Å². The van der Waals surface area contributed by atoms with Gasteiger partial charge in [-0.2, -0.15) is 0 Å². The Morgan fingerprint density at radius 1 is 1.00 bits per heavy atom. The van der Waals surface area contributed by atoms with Crippen LogP contribution in [0.5, 0.6) is 0 Å². The number of imidazole rings is 2. The molecule has 5 heteroatoms. The van der Waals surface area contributed by atoms with Crippen LogP contribution in [-0.4, -0.2) is 25.7 Å². The molecule has 0 bridgehead atoms. The van der Waals surface area contributed by atoms with Gasteiger partial charge in [-0.15, -0.1) is 0 Å². The highest BCUT2D eigenvalue weighted by Gasteiger charge is 2.05. The van der Waals surface area contributed by atoms with Crippen molar-refractivity contribution in [3.63, 3.8) is 0 Å². The first kappa shape index (κ1) is 11.8. The van der Waals surface area contributed by atoms with Crippen molar-refractivity contribution in [3.8, 4) is 0 Å². The van der Waals surface area contributed by atoms with E-state index in [-0.39, 0.29) is 0 Å². The highest BCUT2D eigenvalue weighted by Crippen LogP contribution is 2.16. The van der Waals surface area contributed by atoms with Crippen LogP contribution < -0.4 is 0 Å². The molecule has 0 unspecified atom stereocenters. The van der Waals surface area contributed by atoms with Crippen molar-refractivity contribution < 1.29 is 0 Å². The standard InChI is InChI=1S/C16H13N5/c1-21-14-9-5-4-8-13(14)18-15(21)10-17-16-19-11-6-2-3-7-12(11)20-16/h2-10H,1H3,(H,19,20). The Kier molecular flexibility index (Phi) is 2.57. The predicted molar refractivity (Wildman–Crippen MR) is 84.1 cm³/mol. The van der Waals surface area contributed by atoms with Crippen molar-refractivity contribution in [1.29, 1.82) is 0 Å². The van der Waals surface area contributed by atoms with Gasteiger partial charge in [0.05, 0.1) is 28.3 Å². The average molecular weight is 275 g/mol. The Balaban J connectivity index is 1.74. The number of para-hydroxylation sites is 4. The summed E-state index contributed by atoms with van der Waals surface area (Å²) in [6, 6.07) is 15.9. The fourth-order valence-corrected chi connectivity index (χ4v) is 2.40. The second-order valence-corrected chi connectivity index (χ2v) is 4.85. The van der Waals surface area contributed by atoms with Crippen molar-refractivity contribution >= 4 is 34.2 Å². The summed E-state index contributed by atoms with van der Waals surface area (Å²) >= 11 is 0. The van der Waals surface area contributed by atoms with Gasteiger partial charge >= 0.3 is 0 Å². The summed E-state index contributed by atoms with van der Waals surface area (Å²) in [7, 11) is 1.98. The van der Waals surface area contributed by atoms with E-state index in [9.17, 15) is 0 Å². The number of hydrogen-bond acceptors (Lipinski definition) is 3. The van der Waals surface area contributed by atoms with Gasteiger partial charge in [-0.25, -0.2) is 15.0 Å².